The molecule has 8 nitrogen and oxygen atoms in total. The molecule has 1 rings (SSSR count). The van der Waals surface area contributed by atoms with E-state index in [2.05, 4.69) is 20.6 Å². The Morgan fingerprint density at radius 3 is 2.84 bits per heavy atom. The summed E-state index contributed by atoms with van der Waals surface area (Å²) < 4.78 is 4.70. The first-order chi connectivity index (χ1) is 9.01. The molecule has 0 spiro atoms. The van der Waals surface area contributed by atoms with Crippen LogP contribution in [0.3, 0.4) is 0 Å². The minimum Gasteiger partial charge on any atom is -0.466 e. The van der Waals surface area contributed by atoms with Crippen LogP contribution in [-0.2, 0) is 9.53 Å². The zero-order valence-electron chi connectivity index (χ0n) is 10.8. The summed E-state index contributed by atoms with van der Waals surface area (Å²) in [4.78, 5) is 39.9. The van der Waals surface area contributed by atoms with Crippen LogP contribution in [0.2, 0.25) is 0 Å². The van der Waals surface area contributed by atoms with Gasteiger partial charge in [0.15, 0.2) is 0 Å². The van der Waals surface area contributed by atoms with Gasteiger partial charge in [0.2, 0.25) is 5.95 Å². The predicted molar refractivity (Wildman–Crippen MR) is 67.9 cm³/mol. The third kappa shape index (κ3) is 5.66. The number of urea groups is 1. The fraction of sp³-hybridized carbons (Fsp3) is 0.455. The average molecular weight is 268 g/mol. The van der Waals surface area contributed by atoms with Crippen LogP contribution in [-0.4, -0.2) is 35.1 Å². The number of nitrogens with one attached hydrogen (secondary N) is 3. The van der Waals surface area contributed by atoms with Crippen molar-refractivity contribution in [1.82, 2.24) is 15.3 Å². The summed E-state index contributed by atoms with van der Waals surface area (Å²) >= 11 is 0. The van der Waals surface area contributed by atoms with E-state index in [1.165, 1.54) is 6.07 Å². The number of aromatic amines is 1. The minimum atomic E-state index is -0.557. The summed E-state index contributed by atoms with van der Waals surface area (Å²) in [5.41, 5.74) is 0.139. The Morgan fingerprint density at radius 1 is 1.47 bits per heavy atom. The number of carbonyl (C=O) groups excluding carboxylic acids is 2. The number of aryl methyl sites for hydroxylation is 1. The Hall–Kier alpha value is -2.38. The molecule has 0 radical (unpaired) electrons. The highest BCUT2D eigenvalue weighted by molar-refractivity contribution is 5.87. The van der Waals surface area contributed by atoms with Gasteiger partial charge in [-0.2, -0.15) is 4.98 Å². The van der Waals surface area contributed by atoms with Crippen LogP contribution in [0.1, 0.15) is 19.0 Å². The number of aromatic nitrogens is 2. The molecule has 0 saturated carbocycles. The Balaban J connectivity index is 2.39. The molecular formula is C11H16N4O4. The van der Waals surface area contributed by atoms with E-state index in [9.17, 15) is 14.4 Å². The number of rotatable bonds is 5. The van der Waals surface area contributed by atoms with Gasteiger partial charge in [-0.05, 0) is 13.8 Å². The number of H-pyrrole nitrogens is 1. The van der Waals surface area contributed by atoms with Crippen molar-refractivity contribution < 1.29 is 14.3 Å². The van der Waals surface area contributed by atoms with Crippen molar-refractivity contribution in [3.8, 4) is 0 Å². The molecule has 1 aromatic heterocycles. The molecule has 0 unspecified atom stereocenters. The van der Waals surface area contributed by atoms with Gasteiger partial charge in [0, 0.05) is 18.3 Å². The number of hydrogen-bond donors (Lipinski definition) is 3. The second kappa shape index (κ2) is 7.14. The summed E-state index contributed by atoms with van der Waals surface area (Å²) in [7, 11) is 0. The SMILES string of the molecule is CCOC(=O)CCNC(=O)Nc1nc(=O)cc(C)[nH]1. The fourth-order valence-electron chi connectivity index (χ4n) is 1.30. The van der Waals surface area contributed by atoms with E-state index in [-0.39, 0.29) is 24.9 Å². The summed E-state index contributed by atoms with van der Waals surface area (Å²) in [5.74, 6) is -0.330. The lowest BCUT2D eigenvalue weighted by Crippen LogP contribution is -2.32. The summed E-state index contributed by atoms with van der Waals surface area (Å²) in [6, 6.07) is 0.752. The first kappa shape index (κ1) is 14.7. The molecule has 0 aromatic carbocycles. The highest BCUT2D eigenvalue weighted by atomic mass is 16.5. The Bertz CT molecular complexity index is 512. The first-order valence-electron chi connectivity index (χ1n) is 5.79. The third-order valence-electron chi connectivity index (χ3n) is 2.03. The number of hydrogen-bond acceptors (Lipinski definition) is 5. The van der Waals surface area contributed by atoms with Crippen LogP contribution in [0.15, 0.2) is 10.9 Å². The van der Waals surface area contributed by atoms with Gasteiger partial charge in [-0.25, -0.2) is 4.79 Å². The number of esters is 1. The van der Waals surface area contributed by atoms with Gasteiger partial charge in [0.25, 0.3) is 5.56 Å². The van der Waals surface area contributed by atoms with Crippen molar-refractivity contribution in [3.63, 3.8) is 0 Å². The van der Waals surface area contributed by atoms with Crippen molar-refractivity contribution in [2.24, 2.45) is 0 Å². The summed E-state index contributed by atoms with van der Waals surface area (Å²) in [5, 5.41) is 4.81. The lowest BCUT2D eigenvalue weighted by Gasteiger charge is -2.07. The smallest absolute Gasteiger partial charge is 0.321 e. The third-order valence-corrected chi connectivity index (χ3v) is 2.03. The molecule has 104 valence electrons. The van der Waals surface area contributed by atoms with Crippen LogP contribution in [0, 0.1) is 6.92 Å². The van der Waals surface area contributed by atoms with Crippen molar-refractivity contribution in [3.05, 3.63) is 22.1 Å². The Kier molecular flexibility index (Phi) is 5.52. The maximum atomic E-state index is 11.4. The molecule has 2 amide bonds. The van der Waals surface area contributed by atoms with Gasteiger partial charge in [0.1, 0.15) is 0 Å². The van der Waals surface area contributed by atoms with Crippen molar-refractivity contribution in [2.45, 2.75) is 20.3 Å². The van der Waals surface area contributed by atoms with Gasteiger partial charge in [-0.15, -0.1) is 0 Å². The van der Waals surface area contributed by atoms with E-state index in [0.717, 1.165) is 0 Å². The molecule has 19 heavy (non-hydrogen) atoms. The van der Waals surface area contributed by atoms with Crippen LogP contribution >= 0.6 is 0 Å². The normalized spacial score (nSPS) is 9.79. The Labute approximate surface area is 109 Å². The Morgan fingerprint density at radius 2 is 2.21 bits per heavy atom. The lowest BCUT2D eigenvalue weighted by molar-refractivity contribution is -0.142. The zero-order valence-corrected chi connectivity index (χ0v) is 10.8. The second-order valence-corrected chi connectivity index (χ2v) is 3.69. The number of anilines is 1. The molecular weight excluding hydrogens is 252 g/mol. The van der Waals surface area contributed by atoms with Gasteiger partial charge < -0.3 is 15.0 Å². The van der Waals surface area contributed by atoms with Crippen molar-refractivity contribution in [1.29, 1.82) is 0 Å². The number of ether oxygens (including phenoxy) is 1. The van der Waals surface area contributed by atoms with E-state index in [0.29, 0.717) is 12.3 Å². The van der Waals surface area contributed by atoms with E-state index in [1.54, 1.807) is 13.8 Å². The average Bonchev–Trinajstić information content (AvgIpc) is 2.27. The monoisotopic (exact) mass is 268 g/mol. The quantitative estimate of drug-likeness (QED) is 0.658. The molecule has 0 aliphatic carbocycles. The highest BCUT2D eigenvalue weighted by Gasteiger charge is 2.06. The maximum absolute atomic E-state index is 11.4. The topological polar surface area (TPSA) is 113 Å². The first-order valence-corrected chi connectivity index (χ1v) is 5.79. The van der Waals surface area contributed by atoms with Crippen molar-refractivity contribution in [2.75, 3.05) is 18.5 Å². The molecule has 0 aliphatic heterocycles. The molecule has 3 N–H and O–H groups in total. The minimum absolute atomic E-state index is 0.0543. The van der Waals surface area contributed by atoms with E-state index >= 15 is 0 Å². The molecule has 8 heteroatoms. The molecule has 0 saturated heterocycles. The standard InChI is InChI=1S/C11H16N4O4/c1-3-19-9(17)4-5-12-11(18)15-10-13-7(2)6-8(16)14-10/h6H,3-5H2,1-2H3,(H3,12,13,14,15,16,18). The number of amides is 2. The van der Waals surface area contributed by atoms with Gasteiger partial charge in [-0.1, -0.05) is 0 Å². The molecule has 0 atom stereocenters. The predicted octanol–water partition coefficient (Wildman–Crippen LogP) is 0.153. The van der Waals surface area contributed by atoms with Gasteiger partial charge in [0.05, 0.1) is 13.0 Å². The van der Waals surface area contributed by atoms with E-state index in [4.69, 9.17) is 4.74 Å². The van der Waals surface area contributed by atoms with Crippen LogP contribution < -0.4 is 16.2 Å². The van der Waals surface area contributed by atoms with Crippen LogP contribution in [0.4, 0.5) is 10.7 Å². The largest absolute Gasteiger partial charge is 0.466 e. The molecule has 1 aromatic rings. The number of nitrogens with zero attached hydrogens (tertiary/aromatic N) is 1. The van der Waals surface area contributed by atoms with E-state index < -0.39 is 11.6 Å². The van der Waals surface area contributed by atoms with Crippen molar-refractivity contribution >= 4 is 17.9 Å². The molecule has 0 aliphatic rings. The second-order valence-electron chi connectivity index (χ2n) is 3.69. The van der Waals surface area contributed by atoms with Crippen LogP contribution in [0.5, 0.6) is 0 Å². The zero-order chi connectivity index (χ0) is 14.3. The molecule has 0 fully saturated rings. The lowest BCUT2D eigenvalue weighted by atomic mass is 10.4. The maximum Gasteiger partial charge on any atom is 0.321 e. The molecule has 0 bridgehead atoms. The highest BCUT2D eigenvalue weighted by Crippen LogP contribution is 1.95. The van der Waals surface area contributed by atoms with Gasteiger partial charge >= 0.3 is 12.0 Å². The van der Waals surface area contributed by atoms with Crippen LogP contribution in [0.25, 0.3) is 0 Å². The fourth-order valence-corrected chi connectivity index (χ4v) is 1.30. The van der Waals surface area contributed by atoms with Gasteiger partial charge in [-0.3, -0.25) is 14.9 Å². The van der Waals surface area contributed by atoms with E-state index in [1.807, 2.05) is 0 Å². The summed E-state index contributed by atoms with van der Waals surface area (Å²) in [6.07, 6.45) is 0.0824. The summed E-state index contributed by atoms with van der Waals surface area (Å²) in [6.45, 7) is 3.82. The number of carbonyl (C=O) groups is 2. The molecule has 1 heterocycles.